The average molecular weight is 357 g/mol. The van der Waals surface area contributed by atoms with E-state index in [0.29, 0.717) is 21.5 Å². The zero-order chi connectivity index (χ0) is 18.1. The molecule has 0 fully saturated rings. The van der Waals surface area contributed by atoms with Gasteiger partial charge in [0.25, 0.3) is 5.56 Å². The smallest absolute Gasteiger partial charge is 0.325 e. The maximum atomic E-state index is 12.3. The highest BCUT2D eigenvalue weighted by molar-refractivity contribution is 7.17. The van der Waals surface area contributed by atoms with E-state index in [0.717, 1.165) is 4.57 Å². The van der Waals surface area contributed by atoms with Gasteiger partial charge in [-0.3, -0.25) is 23.5 Å². The number of thiophene rings is 1. The number of carbonyl (C=O) groups is 2. The van der Waals surface area contributed by atoms with Gasteiger partial charge in [0.05, 0.1) is 5.52 Å². The zero-order valence-corrected chi connectivity index (χ0v) is 14.4. The Morgan fingerprint density at radius 3 is 2.68 bits per heavy atom. The number of benzene rings is 1. The first kappa shape index (κ1) is 16.8. The number of carbonyl (C=O) groups excluding carboxylic acids is 2. The van der Waals surface area contributed by atoms with Crippen molar-refractivity contribution in [3.63, 3.8) is 0 Å². The summed E-state index contributed by atoms with van der Waals surface area (Å²) >= 11 is 1.22. The van der Waals surface area contributed by atoms with Crippen LogP contribution in [0.1, 0.15) is 17.3 Å². The average Bonchev–Trinajstić information content (AvgIpc) is 3.06. The Labute approximate surface area is 146 Å². The number of anilines is 1. The molecule has 0 saturated heterocycles. The van der Waals surface area contributed by atoms with Gasteiger partial charge in [0.1, 0.15) is 11.2 Å². The van der Waals surface area contributed by atoms with Crippen LogP contribution in [0.4, 0.5) is 5.69 Å². The Kier molecular flexibility index (Phi) is 4.37. The minimum absolute atomic E-state index is 0.106. The molecule has 3 rings (SSSR count). The molecule has 0 radical (unpaired) electrons. The van der Waals surface area contributed by atoms with E-state index in [-0.39, 0.29) is 17.9 Å². The lowest BCUT2D eigenvalue weighted by Gasteiger charge is -2.10. The second-order valence-corrected chi connectivity index (χ2v) is 6.47. The van der Waals surface area contributed by atoms with Gasteiger partial charge in [0.2, 0.25) is 5.91 Å². The summed E-state index contributed by atoms with van der Waals surface area (Å²) in [5.41, 5.74) is 0.463. The Bertz CT molecular complexity index is 1110. The van der Waals surface area contributed by atoms with Gasteiger partial charge >= 0.3 is 5.69 Å². The van der Waals surface area contributed by atoms with Gasteiger partial charge in [-0.15, -0.1) is 11.3 Å². The topological polar surface area (TPSA) is 90.2 Å². The molecular formula is C17H15N3O4S. The molecule has 0 aliphatic carbocycles. The van der Waals surface area contributed by atoms with E-state index in [1.165, 1.54) is 29.9 Å². The summed E-state index contributed by atoms with van der Waals surface area (Å²) in [5.74, 6) is -0.528. The van der Waals surface area contributed by atoms with Crippen LogP contribution in [0.5, 0.6) is 0 Å². The van der Waals surface area contributed by atoms with Crippen LogP contribution in [0.15, 0.2) is 45.3 Å². The quantitative estimate of drug-likeness (QED) is 0.718. The van der Waals surface area contributed by atoms with E-state index in [1.54, 1.807) is 35.7 Å². The summed E-state index contributed by atoms with van der Waals surface area (Å²) < 4.78 is 2.67. The van der Waals surface area contributed by atoms with Crippen LogP contribution in [0.25, 0.3) is 10.2 Å². The van der Waals surface area contributed by atoms with Crippen LogP contribution < -0.4 is 16.6 Å². The Hall–Kier alpha value is -3.00. The van der Waals surface area contributed by atoms with Crippen LogP contribution in [-0.2, 0) is 18.4 Å². The standard InChI is InChI=1S/C17H15N3O4S/c1-10(21)11-4-3-5-12(8-11)18-14(22)9-20-13-6-7-25-15(13)16(23)19(2)17(20)24/h3-8H,9H2,1-2H3,(H,18,22). The van der Waals surface area contributed by atoms with Crippen molar-refractivity contribution in [1.82, 2.24) is 9.13 Å². The molecule has 0 spiro atoms. The third kappa shape index (κ3) is 3.16. The lowest BCUT2D eigenvalue weighted by Crippen LogP contribution is -2.39. The third-order valence-electron chi connectivity index (χ3n) is 3.81. The van der Waals surface area contributed by atoms with Gasteiger partial charge < -0.3 is 5.32 Å². The van der Waals surface area contributed by atoms with E-state index in [1.807, 2.05) is 0 Å². The Balaban J connectivity index is 1.92. The fraction of sp³-hybridized carbons (Fsp3) is 0.176. The number of Topliss-reactive ketones (excluding diaryl/α,β-unsaturated/α-hetero) is 1. The molecule has 2 aromatic heterocycles. The van der Waals surface area contributed by atoms with Crippen molar-refractivity contribution in [2.45, 2.75) is 13.5 Å². The van der Waals surface area contributed by atoms with Crippen LogP contribution >= 0.6 is 11.3 Å². The largest absolute Gasteiger partial charge is 0.331 e. The fourth-order valence-corrected chi connectivity index (χ4v) is 3.38. The van der Waals surface area contributed by atoms with Gasteiger partial charge in [-0.1, -0.05) is 12.1 Å². The van der Waals surface area contributed by atoms with Gasteiger partial charge in [-0.25, -0.2) is 4.79 Å². The van der Waals surface area contributed by atoms with Crippen molar-refractivity contribution < 1.29 is 9.59 Å². The number of amides is 1. The molecule has 0 aliphatic heterocycles. The van der Waals surface area contributed by atoms with Gasteiger partial charge in [-0.2, -0.15) is 0 Å². The summed E-state index contributed by atoms with van der Waals surface area (Å²) in [6.07, 6.45) is 0. The number of hydrogen-bond acceptors (Lipinski definition) is 5. The van der Waals surface area contributed by atoms with Crippen LogP contribution in [0, 0.1) is 0 Å². The first-order chi connectivity index (χ1) is 11.9. The molecule has 3 aromatic rings. The number of rotatable bonds is 4. The highest BCUT2D eigenvalue weighted by Gasteiger charge is 2.14. The molecule has 128 valence electrons. The van der Waals surface area contributed by atoms with Crippen LogP contribution in [0.2, 0.25) is 0 Å². The molecule has 0 unspecified atom stereocenters. The number of ketones is 1. The molecule has 8 heteroatoms. The SMILES string of the molecule is CC(=O)c1cccc(NC(=O)Cn2c(=O)n(C)c(=O)c3sccc32)c1. The minimum atomic E-state index is -0.552. The summed E-state index contributed by atoms with van der Waals surface area (Å²) in [6, 6.07) is 8.20. The third-order valence-corrected chi connectivity index (χ3v) is 4.70. The minimum Gasteiger partial charge on any atom is -0.325 e. The fourth-order valence-electron chi connectivity index (χ4n) is 2.51. The highest BCUT2D eigenvalue weighted by Crippen LogP contribution is 2.15. The van der Waals surface area contributed by atoms with Gasteiger partial charge in [-0.05, 0) is 30.5 Å². The number of nitrogens with one attached hydrogen (secondary N) is 1. The molecule has 1 N–H and O–H groups in total. The number of aromatic nitrogens is 2. The Morgan fingerprint density at radius 2 is 1.96 bits per heavy atom. The second-order valence-electron chi connectivity index (χ2n) is 5.55. The Morgan fingerprint density at radius 1 is 1.20 bits per heavy atom. The number of fused-ring (bicyclic) bond motifs is 1. The zero-order valence-electron chi connectivity index (χ0n) is 13.6. The van der Waals surface area contributed by atoms with Crippen LogP contribution in [-0.4, -0.2) is 20.8 Å². The highest BCUT2D eigenvalue weighted by atomic mass is 32.1. The summed E-state index contributed by atoms with van der Waals surface area (Å²) in [5, 5.41) is 4.37. The van der Waals surface area contributed by atoms with Crippen molar-refractivity contribution >= 4 is 38.9 Å². The molecular weight excluding hydrogens is 342 g/mol. The molecule has 25 heavy (non-hydrogen) atoms. The van der Waals surface area contributed by atoms with Gasteiger partial charge in [0.15, 0.2) is 5.78 Å². The number of nitrogens with zero attached hydrogens (tertiary/aromatic N) is 2. The second kappa shape index (κ2) is 6.48. The molecule has 2 heterocycles. The predicted molar refractivity (Wildman–Crippen MR) is 96.4 cm³/mol. The maximum absolute atomic E-state index is 12.3. The lowest BCUT2D eigenvalue weighted by atomic mass is 10.1. The normalized spacial score (nSPS) is 10.8. The molecule has 7 nitrogen and oxygen atoms in total. The van der Waals surface area contributed by atoms with Crippen molar-refractivity contribution in [2.75, 3.05) is 5.32 Å². The van der Waals surface area contributed by atoms with Crippen molar-refractivity contribution in [3.05, 3.63) is 62.1 Å². The molecule has 1 amide bonds. The monoisotopic (exact) mass is 357 g/mol. The molecule has 0 bridgehead atoms. The van der Waals surface area contributed by atoms with E-state index in [9.17, 15) is 19.2 Å². The van der Waals surface area contributed by atoms with Gasteiger partial charge in [0, 0.05) is 18.3 Å². The first-order valence-corrected chi connectivity index (χ1v) is 8.34. The van der Waals surface area contributed by atoms with Crippen molar-refractivity contribution in [1.29, 1.82) is 0 Å². The van der Waals surface area contributed by atoms with E-state index >= 15 is 0 Å². The van der Waals surface area contributed by atoms with E-state index in [4.69, 9.17) is 0 Å². The molecule has 1 aromatic carbocycles. The first-order valence-electron chi connectivity index (χ1n) is 7.46. The van der Waals surface area contributed by atoms with Crippen molar-refractivity contribution in [2.24, 2.45) is 7.05 Å². The lowest BCUT2D eigenvalue weighted by molar-refractivity contribution is -0.116. The molecule has 0 saturated carbocycles. The van der Waals surface area contributed by atoms with E-state index in [2.05, 4.69) is 5.32 Å². The predicted octanol–water partition coefficient (Wildman–Crippen LogP) is 1.60. The van der Waals surface area contributed by atoms with E-state index < -0.39 is 11.6 Å². The summed E-state index contributed by atoms with van der Waals surface area (Å²) in [4.78, 5) is 48.2. The summed E-state index contributed by atoms with van der Waals surface area (Å²) in [7, 11) is 1.38. The number of hydrogen-bond donors (Lipinski definition) is 1. The van der Waals surface area contributed by atoms with Crippen LogP contribution in [0.3, 0.4) is 0 Å². The molecule has 0 aliphatic rings. The summed E-state index contributed by atoms with van der Waals surface area (Å²) in [6.45, 7) is 1.21. The maximum Gasteiger partial charge on any atom is 0.331 e. The molecule has 0 atom stereocenters. The van der Waals surface area contributed by atoms with Crippen molar-refractivity contribution in [3.8, 4) is 0 Å².